The molecule has 0 radical (unpaired) electrons. The summed E-state index contributed by atoms with van der Waals surface area (Å²) in [4.78, 5) is 58.0. The number of carbonyl (C=O) groups excluding carboxylic acids is 4. The molecule has 6 rings (SSSR count). The number of methoxy groups -OCH3 is 1. The van der Waals surface area contributed by atoms with Crippen LogP contribution < -0.4 is 20.7 Å². The molecule has 3 amide bonds. The molecule has 1 saturated carbocycles. The van der Waals surface area contributed by atoms with Gasteiger partial charge in [-0.15, -0.1) is 11.3 Å². The van der Waals surface area contributed by atoms with E-state index in [2.05, 4.69) is 27.0 Å². The molecule has 0 unspecified atom stereocenters. The number of alkyl carbamates (subject to hydrolysis) is 1. The first-order valence-corrected chi connectivity index (χ1v) is 17.4. The van der Waals surface area contributed by atoms with Crippen molar-refractivity contribution in [3.63, 3.8) is 0 Å². The van der Waals surface area contributed by atoms with Crippen molar-refractivity contribution in [1.82, 2.24) is 15.6 Å². The summed E-state index contributed by atoms with van der Waals surface area (Å²) in [5.74, 6) is -0.516. The predicted octanol–water partition coefficient (Wildman–Crippen LogP) is 6.92. The van der Waals surface area contributed by atoms with Gasteiger partial charge in [-0.2, -0.15) is 0 Å². The first-order valence-electron chi connectivity index (χ1n) is 16.5. The number of aryl methyl sites for hydroxylation is 1. The van der Waals surface area contributed by atoms with Crippen molar-refractivity contribution < 1.29 is 33.4 Å². The predicted molar refractivity (Wildman–Crippen MR) is 191 cm³/mol. The molecule has 2 aromatic carbocycles. The molecule has 1 aliphatic carbocycles. The molecule has 2 aliphatic rings. The number of anilines is 1. The molecule has 1 fully saturated rings. The molecule has 2 aromatic heterocycles. The van der Waals surface area contributed by atoms with Gasteiger partial charge >= 0.3 is 12.1 Å². The summed E-state index contributed by atoms with van der Waals surface area (Å²) in [7, 11) is 1.25. The Labute approximate surface area is 294 Å². The molecule has 0 bridgehead atoms. The highest BCUT2D eigenvalue weighted by molar-refractivity contribution is 7.13. The molecular formula is C38H40N4O7S. The zero-order chi connectivity index (χ0) is 35.6. The Balaban J connectivity index is 1.36. The number of ether oxygens (including phenoxy) is 3. The van der Waals surface area contributed by atoms with Gasteiger partial charge in [0.1, 0.15) is 17.0 Å². The fourth-order valence-electron chi connectivity index (χ4n) is 5.69. The molecule has 0 spiro atoms. The van der Waals surface area contributed by atoms with Gasteiger partial charge in [-0.3, -0.25) is 9.59 Å². The first kappa shape index (κ1) is 34.6. The molecule has 1 aliphatic heterocycles. The van der Waals surface area contributed by atoms with Crippen LogP contribution in [0, 0.1) is 12.8 Å². The van der Waals surface area contributed by atoms with E-state index in [4.69, 9.17) is 14.2 Å². The number of nitrogens with one attached hydrogen (secondary N) is 3. The number of nitrogens with zero attached hydrogens (tertiary/aromatic N) is 1. The average molecular weight is 697 g/mol. The van der Waals surface area contributed by atoms with Gasteiger partial charge in [-0.25, -0.2) is 14.6 Å². The Morgan fingerprint density at radius 3 is 2.48 bits per heavy atom. The highest BCUT2D eigenvalue weighted by Gasteiger charge is 2.28. The van der Waals surface area contributed by atoms with Crippen molar-refractivity contribution in [3.05, 3.63) is 87.6 Å². The minimum Gasteiger partial charge on any atom is -0.493 e. The van der Waals surface area contributed by atoms with E-state index in [9.17, 15) is 19.2 Å². The van der Waals surface area contributed by atoms with Gasteiger partial charge in [0.15, 0.2) is 5.69 Å². The Kier molecular flexibility index (Phi) is 9.92. The maximum absolute atomic E-state index is 14.3. The molecule has 50 heavy (non-hydrogen) atoms. The van der Waals surface area contributed by atoms with Crippen LogP contribution in [-0.4, -0.2) is 54.7 Å². The highest BCUT2D eigenvalue weighted by Crippen LogP contribution is 2.43. The monoisotopic (exact) mass is 696 g/mol. The number of hydrogen-bond acceptors (Lipinski definition) is 9. The molecule has 3 heterocycles. The Morgan fingerprint density at radius 2 is 1.76 bits per heavy atom. The third kappa shape index (κ3) is 7.97. The summed E-state index contributed by atoms with van der Waals surface area (Å²) >= 11 is 1.57. The molecule has 3 N–H and O–H groups in total. The van der Waals surface area contributed by atoms with Crippen molar-refractivity contribution in [2.75, 3.05) is 25.6 Å². The average Bonchev–Trinajstić information content (AvgIpc) is 3.84. The lowest BCUT2D eigenvalue weighted by atomic mass is 9.93. The standard InChI is InChI=1S/C38H40N4O7S/c1-21-16-23(20-40-37(46)49-38(2,3)4)8-10-29(21)42-34(43)27-17-28-31(48-14-12-24-13-15-50-33(24)28)18-26(27)25-9-11-30(41-32(25)36(45)47-5)35(44)39-19-22-6-7-22/h8-11,13,15-18,22H,6-7,12,14,19-20H2,1-5H3,(H,39,44)(H,40,46)(H,42,43). The van der Waals surface area contributed by atoms with Crippen molar-refractivity contribution in [2.24, 2.45) is 5.92 Å². The molecule has 4 aromatic rings. The van der Waals surface area contributed by atoms with Crippen LogP contribution in [0.5, 0.6) is 5.75 Å². The van der Waals surface area contributed by atoms with Gasteiger partial charge in [-0.1, -0.05) is 12.1 Å². The van der Waals surface area contributed by atoms with Crippen molar-refractivity contribution in [2.45, 2.75) is 59.1 Å². The van der Waals surface area contributed by atoms with Crippen LogP contribution in [0.1, 0.15) is 81.6 Å². The fourth-order valence-corrected chi connectivity index (χ4v) is 6.66. The topological polar surface area (TPSA) is 145 Å². The number of carbonyl (C=O) groups is 4. The number of aromatic nitrogens is 1. The zero-order valence-corrected chi connectivity index (χ0v) is 29.5. The van der Waals surface area contributed by atoms with E-state index in [1.807, 2.05) is 24.4 Å². The number of benzene rings is 2. The van der Waals surface area contributed by atoms with Crippen LogP contribution in [0.15, 0.2) is 53.9 Å². The molecule has 0 atom stereocenters. The summed E-state index contributed by atoms with van der Waals surface area (Å²) in [6, 6.07) is 14.2. The van der Waals surface area contributed by atoms with Crippen LogP contribution in [0.25, 0.3) is 21.6 Å². The maximum Gasteiger partial charge on any atom is 0.407 e. The summed E-state index contributed by atoms with van der Waals surface area (Å²) in [6.45, 7) is 8.50. The van der Waals surface area contributed by atoms with Crippen molar-refractivity contribution in [3.8, 4) is 27.3 Å². The second-order valence-electron chi connectivity index (χ2n) is 13.5. The molecular weight excluding hydrogens is 657 g/mol. The fraction of sp³-hybridized carbons (Fsp3) is 0.342. The Bertz CT molecular complexity index is 1980. The number of fused-ring (bicyclic) bond motifs is 3. The summed E-state index contributed by atoms with van der Waals surface area (Å²) in [5.41, 5.74) is 4.44. The largest absolute Gasteiger partial charge is 0.493 e. The Hall–Kier alpha value is -5.23. The second kappa shape index (κ2) is 14.3. The summed E-state index contributed by atoms with van der Waals surface area (Å²) in [6.07, 6.45) is 2.34. The maximum atomic E-state index is 14.3. The lowest BCUT2D eigenvalue weighted by molar-refractivity contribution is 0.0522. The number of pyridine rings is 1. The van der Waals surface area contributed by atoms with Crippen LogP contribution >= 0.6 is 11.3 Å². The zero-order valence-electron chi connectivity index (χ0n) is 28.7. The van der Waals surface area contributed by atoms with Gasteiger partial charge in [0.25, 0.3) is 11.8 Å². The molecule has 11 nitrogen and oxygen atoms in total. The lowest BCUT2D eigenvalue weighted by Crippen LogP contribution is -2.32. The van der Waals surface area contributed by atoms with Crippen molar-refractivity contribution >= 4 is 40.9 Å². The van der Waals surface area contributed by atoms with Gasteiger partial charge in [0.2, 0.25) is 0 Å². The van der Waals surface area contributed by atoms with Crippen molar-refractivity contribution in [1.29, 1.82) is 0 Å². The number of esters is 1. The molecule has 260 valence electrons. The quantitative estimate of drug-likeness (QED) is 0.160. The molecule has 0 saturated heterocycles. The van der Waals surface area contributed by atoms with E-state index in [1.165, 1.54) is 7.11 Å². The van der Waals surface area contributed by atoms with E-state index >= 15 is 0 Å². The summed E-state index contributed by atoms with van der Waals surface area (Å²) in [5, 5.41) is 10.7. The van der Waals surface area contributed by atoms with Crippen LogP contribution in [-0.2, 0) is 22.4 Å². The van der Waals surface area contributed by atoms with E-state index in [1.54, 1.807) is 62.4 Å². The van der Waals surface area contributed by atoms with Crippen LogP contribution in [0.3, 0.4) is 0 Å². The van der Waals surface area contributed by atoms with Gasteiger partial charge in [-0.05, 0) is 105 Å². The van der Waals surface area contributed by atoms with Gasteiger partial charge < -0.3 is 30.2 Å². The number of hydrogen-bond donors (Lipinski definition) is 3. The highest BCUT2D eigenvalue weighted by atomic mass is 32.1. The van der Waals surface area contributed by atoms with Crippen LogP contribution in [0.4, 0.5) is 10.5 Å². The van der Waals surface area contributed by atoms with Gasteiger partial charge in [0.05, 0.1) is 13.7 Å². The number of amides is 3. The summed E-state index contributed by atoms with van der Waals surface area (Å²) < 4.78 is 16.6. The lowest BCUT2D eigenvalue weighted by Gasteiger charge is -2.20. The number of thiophene rings is 1. The third-order valence-corrected chi connectivity index (χ3v) is 9.39. The minimum atomic E-state index is -0.744. The van der Waals surface area contributed by atoms with E-state index in [-0.39, 0.29) is 29.4 Å². The first-order chi connectivity index (χ1) is 23.9. The second-order valence-corrected chi connectivity index (χ2v) is 14.4. The van der Waals surface area contributed by atoms with E-state index < -0.39 is 23.6 Å². The number of rotatable bonds is 9. The van der Waals surface area contributed by atoms with Gasteiger partial charge in [0, 0.05) is 52.3 Å². The smallest absolute Gasteiger partial charge is 0.407 e. The van der Waals surface area contributed by atoms with E-state index in [0.717, 1.165) is 40.0 Å². The Morgan fingerprint density at radius 1 is 0.960 bits per heavy atom. The van der Waals surface area contributed by atoms with Crippen LogP contribution in [0.2, 0.25) is 0 Å². The SMILES string of the molecule is COC(=O)c1nc(C(=O)NCC2CC2)ccc1-c1cc2c(cc1C(=O)Nc1ccc(CNC(=O)OC(C)(C)C)cc1C)-c1sccc1CCO2. The normalized spacial score (nSPS) is 13.5. The van der Waals surface area contributed by atoms with E-state index in [0.29, 0.717) is 48.1 Å². The molecule has 12 heteroatoms. The minimum absolute atomic E-state index is 0.0758. The third-order valence-electron chi connectivity index (χ3n) is 8.40.